The third-order valence-electron chi connectivity index (χ3n) is 5.08. The molecule has 0 atom stereocenters. The number of nitrogens with zero attached hydrogens (tertiary/aromatic N) is 3. The Morgan fingerprint density at radius 2 is 1.71 bits per heavy atom. The van der Waals surface area contributed by atoms with Crippen LogP contribution in [0, 0.1) is 0 Å². The number of hydrogen-bond donors (Lipinski definition) is 0. The number of pyridine rings is 2. The fraction of sp³-hybridized carbons (Fsp3) is 0.304. The number of ether oxygens (including phenoxy) is 2. The highest BCUT2D eigenvalue weighted by molar-refractivity contribution is 5.66. The maximum Gasteiger partial charge on any atom is 0.163 e. The molecule has 144 valence electrons. The zero-order chi connectivity index (χ0) is 19.2. The lowest BCUT2D eigenvalue weighted by Gasteiger charge is -2.26. The molecule has 0 bridgehead atoms. The van der Waals surface area contributed by atoms with E-state index in [2.05, 4.69) is 39.1 Å². The quantitative estimate of drug-likeness (QED) is 0.572. The van der Waals surface area contributed by atoms with E-state index < -0.39 is 0 Å². The maximum absolute atomic E-state index is 6.29. The number of hydrogen-bond acceptors (Lipinski definition) is 5. The van der Waals surface area contributed by atoms with Gasteiger partial charge < -0.3 is 14.4 Å². The third kappa shape index (κ3) is 4.25. The molecule has 1 aromatic carbocycles. The van der Waals surface area contributed by atoms with E-state index >= 15 is 0 Å². The van der Waals surface area contributed by atoms with Gasteiger partial charge in [-0.15, -0.1) is 0 Å². The highest BCUT2D eigenvalue weighted by Crippen LogP contribution is 2.37. The summed E-state index contributed by atoms with van der Waals surface area (Å²) in [6.45, 7) is 0.689. The number of benzene rings is 1. The lowest BCUT2D eigenvalue weighted by Crippen LogP contribution is -2.17. The van der Waals surface area contributed by atoms with Crippen LogP contribution in [0.2, 0.25) is 0 Å². The Morgan fingerprint density at radius 3 is 2.39 bits per heavy atom. The topological polar surface area (TPSA) is 47.5 Å². The Morgan fingerprint density at radius 1 is 0.929 bits per heavy atom. The minimum Gasteiger partial charge on any atom is -0.493 e. The van der Waals surface area contributed by atoms with Crippen molar-refractivity contribution in [3.05, 3.63) is 72.8 Å². The predicted octanol–water partition coefficient (Wildman–Crippen LogP) is 5.14. The number of aromatic nitrogens is 2. The first-order valence-corrected chi connectivity index (χ1v) is 9.74. The first kappa shape index (κ1) is 18.3. The number of anilines is 2. The zero-order valence-corrected chi connectivity index (χ0v) is 16.1. The molecule has 5 nitrogen and oxygen atoms in total. The first-order valence-electron chi connectivity index (χ1n) is 9.74. The van der Waals surface area contributed by atoms with Gasteiger partial charge in [0, 0.05) is 36.9 Å². The van der Waals surface area contributed by atoms with Crippen LogP contribution in [-0.2, 0) is 6.54 Å². The average Bonchev–Trinajstić information content (AvgIpc) is 3.26. The first-order chi connectivity index (χ1) is 13.8. The van der Waals surface area contributed by atoms with Crippen molar-refractivity contribution in [3.63, 3.8) is 0 Å². The van der Waals surface area contributed by atoms with Crippen LogP contribution >= 0.6 is 0 Å². The predicted molar refractivity (Wildman–Crippen MR) is 110 cm³/mol. The van der Waals surface area contributed by atoms with Crippen LogP contribution in [0.5, 0.6) is 11.5 Å². The van der Waals surface area contributed by atoms with Crippen molar-refractivity contribution in [2.45, 2.75) is 38.3 Å². The van der Waals surface area contributed by atoms with Crippen LogP contribution in [0.15, 0.2) is 67.3 Å². The molecule has 2 aromatic heterocycles. The summed E-state index contributed by atoms with van der Waals surface area (Å²) in [5.74, 6) is 1.56. The molecular formula is C23H25N3O2. The van der Waals surface area contributed by atoms with Crippen molar-refractivity contribution in [1.29, 1.82) is 0 Å². The fourth-order valence-corrected chi connectivity index (χ4v) is 3.63. The van der Waals surface area contributed by atoms with Crippen LogP contribution < -0.4 is 14.4 Å². The fourth-order valence-electron chi connectivity index (χ4n) is 3.63. The molecule has 0 N–H and O–H groups in total. The van der Waals surface area contributed by atoms with Crippen molar-refractivity contribution >= 4 is 11.4 Å². The van der Waals surface area contributed by atoms with Crippen molar-refractivity contribution in [1.82, 2.24) is 9.97 Å². The summed E-state index contributed by atoms with van der Waals surface area (Å²) in [6, 6.07) is 14.2. The molecule has 0 unspecified atom stereocenters. The largest absolute Gasteiger partial charge is 0.493 e. The van der Waals surface area contributed by atoms with Crippen molar-refractivity contribution in [2.75, 3.05) is 12.0 Å². The van der Waals surface area contributed by atoms with Crippen molar-refractivity contribution in [3.8, 4) is 11.5 Å². The van der Waals surface area contributed by atoms with E-state index in [0.717, 1.165) is 41.3 Å². The van der Waals surface area contributed by atoms with E-state index in [1.807, 2.05) is 30.6 Å². The van der Waals surface area contributed by atoms with Gasteiger partial charge in [-0.25, -0.2) is 0 Å². The van der Waals surface area contributed by atoms with Gasteiger partial charge in [-0.2, -0.15) is 0 Å². The maximum atomic E-state index is 6.29. The molecule has 1 aliphatic rings. The summed E-state index contributed by atoms with van der Waals surface area (Å²) in [7, 11) is 1.69. The van der Waals surface area contributed by atoms with E-state index in [9.17, 15) is 0 Å². The van der Waals surface area contributed by atoms with Gasteiger partial charge in [-0.1, -0.05) is 6.07 Å². The van der Waals surface area contributed by atoms with Gasteiger partial charge in [0.15, 0.2) is 11.5 Å². The molecule has 28 heavy (non-hydrogen) atoms. The van der Waals surface area contributed by atoms with Gasteiger partial charge in [-0.3, -0.25) is 9.97 Å². The molecule has 1 fully saturated rings. The molecule has 4 rings (SSSR count). The highest BCUT2D eigenvalue weighted by Gasteiger charge is 2.20. The summed E-state index contributed by atoms with van der Waals surface area (Å²) < 4.78 is 11.8. The normalized spacial score (nSPS) is 14.0. The molecule has 0 radical (unpaired) electrons. The number of methoxy groups -OCH3 is 1. The Kier molecular flexibility index (Phi) is 5.71. The Balaban J connectivity index is 1.68. The minimum atomic E-state index is 0.273. The van der Waals surface area contributed by atoms with E-state index in [0.29, 0.717) is 6.54 Å². The Hall–Kier alpha value is -3.08. The molecular weight excluding hydrogens is 350 g/mol. The summed E-state index contributed by atoms with van der Waals surface area (Å²) in [6.07, 6.45) is 12.3. The highest BCUT2D eigenvalue weighted by atomic mass is 16.5. The molecule has 5 heteroatoms. The zero-order valence-electron chi connectivity index (χ0n) is 16.1. The standard InChI is InChI=1S/C23H25N3O2/c1-27-22-11-10-19(14-23(22)28-21-8-2-3-9-21)26(20-7-5-13-25-16-20)17-18-6-4-12-24-15-18/h4-7,10-16,21H,2-3,8-9,17H2,1H3. The van der Waals surface area contributed by atoms with Gasteiger partial charge in [0.2, 0.25) is 0 Å². The molecule has 0 saturated heterocycles. The summed E-state index contributed by atoms with van der Waals surface area (Å²) in [4.78, 5) is 10.8. The lowest BCUT2D eigenvalue weighted by atomic mass is 10.2. The summed E-state index contributed by atoms with van der Waals surface area (Å²) >= 11 is 0. The second-order valence-electron chi connectivity index (χ2n) is 7.02. The van der Waals surface area contributed by atoms with E-state index in [-0.39, 0.29) is 6.10 Å². The second kappa shape index (κ2) is 8.74. The van der Waals surface area contributed by atoms with Crippen LogP contribution in [0.3, 0.4) is 0 Å². The Labute approximate surface area is 166 Å². The molecule has 0 spiro atoms. The monoisotopic (exact) mass is 375 g/mol. The molecule has 1 saturated carbocycles. The molecule has 0 amide bonds. The SMILES string of the molecule is COc1ccc(N(Cc2cccnc2)c2cccnc2)cc1OC1CCCC1. The van der Waals surface area contributed by atoms with E-state index in [1.54, 1.807) is 19.5 Å². The Bertz CT molecular complexity index is 881. The van der Waals surface area contributed by atoms with Gasteiger partial charge in [0.1, 0.15) is 0 Å². The van der Waals surface area contributed by atoms with E-state index in [4.69, 9.17) is 9.47 Å². The second-order valence-corrected chi connectivity index (χ2v) is 7.02. The minimum absolute atomic E-state index is 0.273. The van der Waals surface area contributed by atoms with Crippen LogP contribution in [0.4, 0.5) is 11.4 Å². The molecule has 1 aliphatic carbocycles. The van der Waals surface area contributed by atoms with E-state index in [1.165, 1.54) is 12.8 Å². The smallest absolute Gasteiger partial charge is 0.163 e. The van der Waals surface area contributed by atoms with Crippen LogP contribution in [0.1, 0.15) is 31.2 Å². The van der Waals surface area contributed by atoms with Gasteiger partial charge in [0.25, 0.3) is 0 Å². The number of rotatable bonds is 7. The van der Waals surface area contributed by atoms with Gasteiger partial charge >= 0.3 is 0 Å². The van der Waals surface area contributed by atoms with Crippen LogP contribution in [-0.4, -0.2) is 23.2 Å². The van der Waals surface area contributed by atoms with Crippen molar-refractivity contribution < 1.29 is 9.47 Å². The van der Waals surface area contributed by atoms with Crippen molar-refractivity contribution in [2.24, 2.45) is 0 Å². The average molecular weight is 375 g/mol. The molecule has 0 aliphatic heterocycles. The molecule has 3 aromatic rings. The van der Waals surface area contributed by atoms with Gasteiger partial charge in [0.05, 0.1) is 25.1 Å². The summed E-state index contributed by atoms with van der Waals surface area (Å²) in [5.41, 5.74) is 3.18. The lowest BCUT2D eigenvalue weighted by molar-refractivity contribution is 0.201. The third-order valence-corrected chi connectivity index (χ3v) is 5.08. The van der Waals surface area contributed by atoms with Gasteiger partial charge in [-0.05, 0) is 61.6 Å². The summed E-state index contributed by atoms with van der Waals surface area (Å²) in [5, 5.41) is 0. The molecule has 2 heterocycles. The van der Waals surface area contributed by atoms with Crippen LogP contribution in [0.25, 0.3) is 0 Å².